The molecule has 276 valence electrons. The van der Waals surface area contributed by atoms with E-state index in [1.54, 1.807) is 0 Å². The lowest BCUT2D eigenvalue weighted by Crippen LogP contribution is -2.40. The van der Waals surface area contributed by atoms with E-state index in [-0.39, 0.29) is 18.0 Å². The predicted molar refractivity (Wildman–Crippen MR) is 197 cm³/mol. The maximum absolute atomic E-state index is 12.7. The van der Waals surface area contributed by atoms with Gasteiger partial charge in [-0.3, -0.25) is 9.59 Å². The number of esters is 1. The van der Waals surface area contributed by atoms with Gasteiger partial charge in [0.05, 0.1) is 0 Å². The smallest absolute Gasteiger partial charge is 0.326 e. The van der Waals surface area contributed by atoms with Crippen molar-refractivity contribution < 1.29 is 24.2 Å². The minimum atomic E-state index is -1.00. The van der Waals surface area contributed by atoms with E-state index in [0.717, 1.165) is 64.2 Å². The molecule has 0 aliphatic heterocycles. The van der Waals surface area contributed by atoms with E-state index in [0.29, 0.717) is 32.2 Å². The average Bonchev–Trinajstić information content (AvgIpc) is 3.05. The number of nitrogens with two attached hydrogens (primary N) is 1. The van der Waals surface area contributed by atoms with Crippen LogP contribution in [0.15, 0.2) is 12.2 Å². The van der Waals surface area contributed by atoms with Crippen molar-refractivity contribution >= 4 is 17.8 Å². The van der Waals surface area contributed by atoms with Gasteiger partial charge in [0.15, 0.2) is 0 Å². The molecule has 0 bridgehead atoms. The maximum Gasteiger partial charge on any atom is 0.326 e. The number of carboxylic acid groups (broad SMARTS) is 1. The standard InChI is InChI=1S/C40H76N2O5/c1-3-5-7-9-11-13-14-16-18-24-28-34-39(44)47-36(30-25-21-17-15-12-10-8-6-4-2)31-26-22-19-20-23-27-33-38(43)42-37(40(45)46)32-29-35-41/h25,30,36-37H,3-24,26-29,31-35,41H2,1-2H3,(H,42,43)(H,45,46)/b30-25-. The number of hydrogen-bond acceptors (Lipinski definition) is 5. The van der Waals surface area contributed by atoms with Crippen LogP contribution in [0.3, 0.4) is 0 Å². The molecule has 0 rings (SSSR count). The van der Waals surface area contributed by atoms with Crippen LogP contribution in [0.1, 0.15) is 206 Å². The molecule has 1 amide bonds. The Kier molecular flexibility index (Phi) is 34.0. The lowest BCUT2D eigenvalue weighted by molar-refractivity contribution is -0.147. The second-order valence-corrected chi connectivity index (χ2v) is 13.7. The lowest BCUT2D eigenvalue weighted by atomic mass is 10.0. The van der Waals surface area contributed by atoms with Crippen LogP contribution in [0.4, 0.5) is 0 Å². The third kappa shape index (κ3) is 32.4. The van der Waals surface area contributed by atoms with Crippen molar-refractivity contribution in [3.8, 4) is 0 Å². The second-order valence-electron chi connectivity index (χ2n) is 13.7. The molecule has 0 heterocycles. The summed E-state index contributed by atoms with van der Waals surface area (Å²) >= 11 is 0. The van der Waals surface area contributed by atoms with E-state index < -0.39 is 12.0 Å². The predicted octanol–water partition coefficient (Wildman–Crippen LogP) is 10.7. The number of aliphatic carboxylic acids is 1. The van der Waals surface area contributed by atoms with Gasteiger partial charge in [0.2, 0.25) is 5.91 Å². The molecule has 2 atom stereocenters. The first-order valence-corrected chi connectivity index (χ1v) is 20.0. The van der Waals surface area contributed by atoms with Crippen LogP contribution < -0.4 is 11.1 Å². The Bertz CT molecular complexity index is 757. The molecule has 0 aromatic carbocycles. The third-order valence-corrected chi connectivity index (χ3v) is 9.07. The molecule has 0 saturated heterocycles. The summed E-state index contributed by atoms with van der Waals surface area (Å²) in [6, 6.07) is -0.850. The largest absolute Gasteiger partial charge is 0.480 e. The summed E-state index contributed by atoms with van der Waals surface area (Å²) in [6.07, 6.45) is 37.0. The van der Waals surface area contributed by atoms with Gasteiger partial charge in [-0.05, 0) is 64.0 Å². The number of carbonyl (C=O) groups excluding carboxylic acids is 2. The monoisotopic (exact) mass is 665 g/mol. The molecule has 2 unspecified atom stereocenters. The Morgan fingerprint density at radius 1 is 0.617 bits per heavy atom. The topological polar surface area (TPSA) is 119 Å². The summed E-state index contributed by atoms with van der Waals surface area (Å²) in [5.41, 5.74) is 5.47. The Morgan fingerprint density at radius 3 is 1.60 bits per heavy atom. The molecule has 0 aromatic rings. The van der Waals surface area contributed by atoms with Crippen LogP contribution in [0.5, 0.6) is 0 Å². The van der Waals surface area contributed by atoms with E-state index >= 15 is 0 Å². The minimum Gasteiger partial charge on any atom is -0.480 e. The van der Waals surface area contributed by atoms with Gasteiger partial charge in [-0.1, -0.05) is 148 Å². The lowest BCUT2D eigenvalue weighted by Gasteiger charge is -2.15. The van der Waals surface area contributed by atoms with Crippen molar-refractivity contribution in [1.29, 1.82) is 0 Å². The molecule has 4 N–H and O–H groups in total. The molecule has 7 nitrogen and oxygen atoms in total. The van der Waals surface area contributed by atoms with Crippen LogP contribution >= 0.6 is 0 Å². The number of carbonyl (C=O) groups is 3. The van der Waals surface area contributed by atoms with E-state index in [1.807, 2.05) is 0 Å². The summed E-state index contributed by atoms with van der Waals surface area (Å²) < 4.78 is 5.94. The van der Waals surface area contributed by atoms with E-state index in [4.69, 9.17) is 10.5 Å². The zero-order valence-electron chi connectivity index (χ0n) is 30.9. The molecule has 0 aliphatic carbocycles. The third-order valence-electron chi connectivity index (χ3n) is 9.07. The highest BCUT2D eigenvalue weighted by Gasteiger charge is 2.18. The summed E-state index contributed by atoms with van der Waals surface area (Å²) in [7, 11) is 0. The van der Waals surface area contributed by atoms with Crippen molar-refractivity contribution in [1.82, 2.24) is 5.32 Å². The van der Waals surface area contributed by atoms with Gasteiger partial charge in [0.1, 0.15) is 12.1 Å². The number of nitrogens with one attached hydrogen (secondary N) is 1. The first-order valence-electron chi connectivity index (χ1n) is 20.0. The summed E-state index contributed by atoms with van der Waals surface area (Å²) in [4.78, 5) is 36.1. The molecular weight excluding hydrogens is 588 g/mol. The molecule has 0 aromatic heterocycles. The number of ether oxygens (including phenoxy) is 1. The Morgan fingerprint density at radius 2 is 1.09 bits per heavy atom. The molecular formula is C40H76N2O5. The highest BCUT2D eigenvalue weighted by Crippen LogP contribution is 2.16. The van der Waals surface area contributed by atoms with Gasteiger partial charge in [-0.15, -0.1) is 0 Å². The van der Waals surface area contributed by atoms with Gasteiger partial charge in [-0.2, -0.15) is 0 Å². The van der Waals surface area contributed by atoms with Gasteiger partial charge >= 0.3 is 11.9 Å². The molecule has 7 heteroatoms. The van der Waals surface area contributed by atoms with E-state index in [9.17, 15) is 19.5 Å². The highest BCUT2D eigenvalue weighted by molar-refractivity contribution is 5.83. The summed E-state index contributed by atoms with van der Waals surface area (Å²) in [5.74, 6) is -1.26. The van der Waals surface area contributed by atoms with Gasteiger partial charge < -0.3 is 20.9 Å². The van der Waals surface area contributed by atoms with Crippen LogP contribution in [-0.4, -0.2) is 41.6 Å². The fourth-order valence-corrected chi connectivity index (χ4v) is 6.01. The SMILES string of the molecule is CCCCCCCCC/C=C\C(CCCCCCCCC(=O)NC(CCCN)C(=O)O)OC(=O)CCCCCCCCCCCCC. The number of allylic oxidation sites excluding steroid dienone is 1. The maximum atomic E-state index is 12.7. The molecule has 47 heavy (non-hydrogen) atoms. The van der Waals surface area contributed by atoms with E-state index in [2.05, 4.69) is 31.3 Å². The molecule has 0 radical (unpaired) electrons. The van der Waals surface area contributed by atoms with Crippen molar-refractivity contribution in [3.63, 3.8) is 0 Å². The van der Waals surface area contributed by atoms with Crippen molar-refractivity contribution in [2.24, 2.45) is 5.73 Å². The molecule has 0 spiro atoms. The second kappa shape index (κ2) is 35.4. The van der Waals surface area contributed by atoms with Crippen molar-refractivity contribution in [2.45, 2.75) is 219 Å². The molecule has 0 fully saturated rings. The number of hydrogen-bond donors (Lipinski definition) is 3. The van der Waals surface area contributed by atoms with Gasteiger partial charge in [0.25, 0.3) is 0 Å². The number of carboxylic acids is 1. The number of rotatable bonds is 36. The van der Waals surface area contributed by atoms with Crippen molar-refractivity contribution in [3.05, 3.63) is 12.2 Å². The average molecular weight is 665 g/mol. The molecule has 0 saturated carbocycles. The molecule has 0 aliphatic rings. The Balaban J connectivity index is 4.30. The fraction of sp³-hybridized carbons (Fsp3) is 0.875. The van der Waals surface area contributed by atoms with Crippen molar-refractivity contribution in [2.75, 3.05) is 6.54 Å². The van der Waals surface area contributed by atoms with Gasteiger partial charge in [-0.25, -0.2) is 4.79 Å². The zero-order valence-corrected chi connectivity index (χ0v) is 30.9. The van der Waals surface area contributed by atoms with Gasteiger partial charge in [0, 0.05) is 12.8 Å². The minimum absolute atomic E-state index is 0.0575. The summed E-state index contributed by atoms with van der Waals surface area (Å²) in [5, 5.41) is 11.9. The fourth-order valence-electron chi connectivity index (χ4n) is 6.01. The number of unbranched alkanes of at least 4 members (excludes halogenated alkanes) is 22. The van der Waals surface area contributed by atoms with Crippen LogP contribution in [-0.2, 0) is 19.1 Å². The number of amides is 1. The summed E-state index contributed by atoms with van der Waals surface area (Å²) in [6.45, 7) is 4.93. The van der Waals surface area contributed by atoms with E-state index in [1.165, 1.54) is 103 Å². The normalized spacial score (nSPS) is 12.7. The highest BCUT2D eigenvalue weighted by atomic mass is 16.5. The van der Waals surface area contributed by atoms with Crippen LogP contribution in [0.2, 0.25) is 0 Å². The van der Waals surface area contributed by atoms with Crippen LogP contribution in [0, 0.1) is 0 Å². The quantitative estimate of drug-likeness (QED) is 0.0348. The Hall–Kier alpha value is -1.89. The zero-order chi connectivity index (χ0) is 34.6. The Labute approximate surface area is 290 Å². The van der Waals surface area contributed by atoms with Crippen LogP contribution in [0.25, 0.3) is 0 Å². The first-order chi connectivity index (χ1) is 22.9. The first kappa shape index (κ1) is 45.1.